The maximum Gasteiger partial charge on any atom is 0.283 e. The van der Waals surface area contributed by atoms with Crippen molar-refractivity contribution in [3.63, 3.8) is 0 Å². The minimum Gasteiger partial charge on any atom is -0.394 e. The largest absolute Gasteiger partial charge is 0.394 e. The second kappa shape index (κ2) is 6.89. The zero-order valence-corrected chi connectivity index (χ0v) is 13.8. The lowest BCUT2D eigenvalue weighted by Crippen LogP contribution is -2.40. The van der Waals surface area contributed by atoms with Crippen molar-refractivity contribution in [1.82, 2.24) is 9.78 Å². The first kappa shape index (κ1) is 16.5. The molecule has 1 saturated carbocycles. The van der Waals surface area contributed by atoms with Gasteiger partial charge in [0.05, 0.1) is 30.6 Å². The van der Waals surface area contributed by atoms with Gasteiger partial charge in [0, 0.05) is 6.54 Å². The number of aliphatic hydroxyl groups excluding tert-OH is 1. The first-order chi connectivity index (χ1) is 9.95. The Labute approximate surface area is 132 Å². The number of rotatable bonds is 5. The molecule has 1 aliphatic rings. The molecule has 21 heavy (non-hydrogen) atoms. The van der Waals surface area contributed by atoms with E-state index in [4.69, 9.17) is 5.11 Å². The van der Waals surface area contributed by atoms with Gasteiger partial charge in [0.15, 0.2) is 0 Å². The molecule has 0 amide bonds. The summed E-state index contributed by atoms with van der Waals surface area (Å²) in [4.78, 5) is 12.0. The van der Waals surface area contributed by atoms with Gasteiger partial charge in [-0.05, 0) is 47.5 Å². The van der Waals surface area contributed by atoms with Crippen molar-refractivity contribution in [2.45, 2.75) is 44.8 Å². The number of halogens is 1. The Morgan fingerprint density at radius 2 is 2.19 bits per heavy atom. The van der Waals surface area contributed by atoms with Crippen molar-refractivity contribution < 1.29 is 10.2 Å². The monoisotopic (exact) mass is 359 g/mol. The van der Waals surface area contributed by atoms with Gasteiger partial charge in [0.1, 0.15) is 4.47 Å². The lowest BCUT2D eigenvalue weighted by molar-refractivity contribution is 0.00499. The molecular formula is C14H22BrN3O3. The zero-order valence-electron chi connectivity index (χ0n) is 12.2. The topological polar surface area (TPSA) is 87.4 Å². The number of hydrogen-bond acceptors (Lipinski definition) is 5. The Bertz CT molecular complexity index is 539. The SMILES string of the molecule is CC1CCC(O)(CNc2cnn(CCO)c(=O)c2Br)CC1. The summed E-state index contributed by atoms with van der Waals surface area (Å²) in [6.45, 7) is 2.64. The van der Waals surface area contributed by atoms with E-state index in [-0.39, 0.29) is 18.7 Å². The number of nitrogens with zero attached hydrogens (tertiary/aromatic N) is 2. The van der Waals surface area contributed by atoms with Crippen molar-refractivity contribution in [1.29, 1.82) is 0 Å². The number of hydrogen-bond donors (Lipinski definition) is 3. The van der Waals surface area contributed by atoms with Gasteiger partial charge in [-0.1, -0.05) is 6.92 Å². The zero-order chi connectivity index (χ0) is 15.5. The average molecular weight is 360 g/mol. The summed E-state index contributed by atoms with van der Waals surface area (Å²) in [5.41, 5.74) is -0.439. The highest BCUT2D eigenvalue weighted by molar-refractivity contribution is 9.10. The van der Waals surface area contributed by atoms with E-state index in [1.807, 2.05) is 0 Å². The van der Waals surface area contributed by atoms with Gasteiger partial charge < -0.3 is 15.5 Å². The van der Waals surface area contributed by atoms with Gasteiger partial charge in [-0.3, -0.25) is 4.79 Å². The maximum absolute atomic E-state index is 12.0. The third-order valence-electron chi connectivity index (χ3n) is 4.11. The third-order valence-corrected chi connectivity index (χ3v) is 4.88. The molecule has 1 aromatic heterocycles. The van der Waals surface area contributed by atoms with Crippen molar-refractivity contribution in [3.8, 4) is 0 Å². The predicted molar refractivity (Wildman–Crippen MR) is 84.4 cm³/mol. The van der Waals surface area contributed by atoms with E-state index >= 15 is 0 Å². The summed E-state index contributed by atoms with van der Waals surface area (Å²) in [5, 5.41) is 26.5. The number of aromatic nitrogens is 2. The molecule has 0 spiro atoms. The van der Waals surface area contributed by atoms with Crippen molar-refractivity contribution in [2.24, 2.45) is 5.92 Å². The van der Waals surface area contributed by atoms with Gasteiger partial charge in [0.2, 0.25) is 0 Å². The van der Waals surface area contributed by atoms with Crippen LogP contribution in [0.15, 0.2) is 15.5 Å². The fraction of sp³-hybridized carbons (Fsp3) is 0.714. The van der Waals surface area contributed by atoms with Crippen LogP contribution in [-0.4, -0.2) is 38.7 Å². The van der Waals surface area contributed by atoms with Crippen LogP contribution in [0, 0.1) is 5.92 Å². The van der Waals surface area contributed by atoms with Gasteiger partial charge in [-0.2, -0.15) is 5.10 Å². The normalized spacial score (nSPS) is 25.8. The number of nitrogens with one attached hydrogen (secondary N) is 1. The summed E-state index contributed by atoms with van der Waals surface area (Å²) < 4.78 is 1.57. The minimum absolute atomic E-state index is 0.135. The van der Waals surface area contributed by atoms with Gasteiger partial charge in [-0.25, -0.2) is 4.68 Å². The van der Waals surface area contributed by atoms with Gasteiger partial charge in [-0.15, -0.1) is 0 Å². The van der Waals surface area contributed by atoms with Crippen LogP contribution in [-0.2, 0) is 6.54 Å². The van der Waals surface area contributed by atoms with E-state index in [9.17, 15) is 9.90 Å². The van der Waals surface area contributed by atoms with E-state index in [0.29, 0.717) is 22.6 Å². The summed E-state index contributed by atoms with van der Waals surface area (Å²) in [5.74, 6) is 0.668. The Hall–Kier alpha value is -0.920. The number of aliphatic hydroxyl groups is 2. The molecule has 0 bridgehead atoms. The van der Waals surface area contributed by atoms with Gasteiger partial charge in [0.25, 0.3) is 5.56 Å². The maximum atomic E-state index is 12.0. The predicted octanol–water partition coefficient (Wildman–Crippen LogP) is 1.35. The van der Waals surface area contributed by atoms with Crippen LogP contribution in [0.5, 0.6) is 0 Å². The third kappa shape index (κ3) is 4.05. The minimum atomic E-state index is -0.716. The van der Waals surface area contributed by atoms with Crippen LogP contribution >= 0.6 is 15.9 Å². The van der Waals surface area contributed by atoms with Crippen LogP contribution in [0.25, 0.3) is 0 Å². The van der Waals surface area contributed by atoms with E-state index < -0.39 is 5.60 Å². The highest BCUT2D eigenvalue weighted by Gasteiger charge is 2.31. The molecule has 1 aromatic rings. The highest BCUT2D eigenvalue weighted by atomic mass is 79.9. The Morgan fingerprint density at radius 1 is 1.52 bits per heavy atom. The van der Waals surface area contributed by atoms with Crippen LogP contribution in [0.2, 0.25) is 0 Å². The standard InChI is InChI=1S/C14H22BrN3O3/c1-10-2-4-14(21,5-3-10)9-16-11-8-17-18(6-7-19)13(20)12(11)15/h8,10,16,19,21H,2-7,9H2,1H3. The van der Waals surface area contributed by atoms with Crippen LogP contribution in [0.1, 0.15) is 32.6 Å². The lowest BCUT2D eigenvalue weighted by Gasteiger charge is -2.35. The quantitative estimate of drug-likeness (QED) is 0.738. The lowest BCUT2D eigenvalue weighted by atomic mass is 9.79. The molecule has 0 saturated heterocycles. The Balaban J connectivity index is 2.03. The summed E-state index contributed by atoms with van der Waals surface area (Å²) in [6.07, 6.45) is 5.13. The van der Waals surface area contributed by atoms with Gasteiger partial charge >= 0.3 is 0 Å². The first-order valence-electron chi connectivity index (χ1n) is 7.28. The molecule has 0 unspecified atom stereocenters. The van der Waals surface area contributed by atoms with Crippen molar-refractivity contribution >= 4 is 21.6 Å². The molecule has 6 nitrogen and oxygen atoms in total. The molecule has 2 rings (SSSR count). The van der Waals surface area contributed by atoms with E-state index in [1.165, 1.54) is 10.9 Å². The molecule has 118 valence electrons. The summed E-state index contributed by atoms with van der Waals surface area (Å²) >= 11 is 3.25. The second-order valence-corrected chi connectivity index (χ2v) is 6.68. The molecule has 1 fully saturated rings. The first-order valence-corrected chi connectivity index (χ1v) is 8.07. The fourth-order valence-electron chi connectivity index (χ4n) is 2.58. The molecule has 1 aliphatic carbocycles. The average Bonchev–Trinajstić information content (AvgIpc) is 2.47. The van der Waals surface area contributed by atoms with Crippen LogP contribution < -0.4 is 10.9 Å². The van der Waals surface area contributed by atoms with E-state index in [2.05, 4.69) is 33.3 Å². The molecule has 0 aromatic carbocycles. The molecule has 0 aliphatic heterocycles. The van der Waals surface area contributed by atoms with E-state index in [1.54, 1.807) is 0 Å². The summed E-state index contributed by atoms with van der Waals surface area (Å²) in [6, 6.07) is 0. The Morgan fingerprint density at radius 3 is 2.81 bits per heavy atom. The molecule has 0 radical (unpaired) electrons. The van der Waals surface area contributed by atoms with Crippen LogP contribution in [0.4, 0.5) is 5.69 Å². The second-order valence-electron chi connectivity index (χ2n) is 5.88. The molecule has 0 atom stereocenters. The summed E-state index contributed by atoms with van der Waals surface area (Å²) in [7, 11) is 0. The molecule has 3 N–H and O–H groups in total. The fourth-order valence-corrected chi connectivity index (χ4v) is 3.03. The van der Waals surface area contributed by atoms with Crippen molar-refractivity contribution in [2.75, 3.05) is 18.5 Å². The van der Waals surface area contributed by atoms with Crippen molar-refractivity contribution in [3.05, 3.63) is 21.0 Å². The highest BCUT2D eigenvalue weighted by Crippen LogP contribution is 2.32. The molecule has 7 heteroatoms. The van der Waals surface area contributed by atoms with E-state index in [0.717, 1.165) is 25.7 Å². The van der Waals surface area contributed by atoms with Crippen LogP contribution in [0.3, 0.4) is 0 Å². The number of anilines is 1. The smallest absolute Gasteiger partial charge is 0.283 e. The Kier molecular flexibility index (Phi) is 5.40. The molecular weight excluding hydrogens is 338 g/mol. The molecule has 1 heterocycles.